The average molecular weight is 192 g/mol. The summed E-state index contributed by atoms with van der Waals surface area (Å²) in [6.45, 7) is 1.37. The minimum Gasteiger partial charge on any atom is -0.481 e. The minimum absolute atomic E-state index is 0.0340. The second kappa shape index (κ2) is 3.20. The molecular weight excluding hydrogens is 185 g/mol. The standard InChI is InChI=1S/C7H7F3N2O/c1-4-11-5(7(8,9)10)3-6(12-4)13-2/h3H,1-2H3. The summed E-state index contributed by atoms with van der Waals surface area (Å²) in [6.07, 6.45) is -4.46. The summed E-state index contributed by atoms with van der Waals surface area (Å²) in [6, 6.07) is 0.757. The van der Waals surface area contributed by atoms with Gasteiger partial charge in [-0.15, -0.1) is 0 Å². The third-order valence-corrected chi connectivity index (χ3v) is 1.31. The molecule has 0 fully saturated rings. The Balaban J connectivity index is 3.16. The number of hydrogen-bond donors (Lipinski definition) is 0. The lowest BCUT2D eigenvalue weighted by atomic mass is 10.4. The molecule has 1 aromatic heterocycles. The molecule has 0 spiro atoms. The second-order valence-corrected chi connectivity index (χ2v) is 2.34. The van der Waals surface area contributed by atoms with E-state index in [1.54, 1.807) is 0 Å². The number of rotatable bonds is 1. The maximum absolute atomic E-state index is 12.1. The maximum Gasteiger partial charge on any atom is 0.433 e. The molecule has 0 radical (unpaired) electrons. The molecule has 72 valence electrons. The molecule has 13 heavy (non-hydrogen) atoms. The first-order chi connectivity index (χ1) is 5.93. The van der Waals surface area contributed by atoms with Gasteiger partial charge in [0.25, 0.3) is 0 Å². The van der Waals surface area contributed by atoms with Crippen molar-refractivity contribution in [2.24, 2.45) is 0 Å². The van der Waals surface area contributed by atoms with E-state index < -0.39 is 11.9 Å². The Labute approximate surface area is 72.6 Å². The van der Waals surface area contributed by atoms with Crippen LogP contribution in [0.15, 0.2) is 6.07 Å². The lowest BCUT2D eigenvalue weighted by Crippen LogP contribution is -2.10. The molecule has 1 heterocycles. The highest BCUT2D eigenvalue weighted by Gasteiger charge is 2.33. The van der Waals surface area contributed by atoms with Gasteiger partial charge in [-0.1, -0.05) is 0 Å². The molecule has 0 bridgehead atoms. The van der Waals surface area contributed by atoms with Crippen molar-refractivity contribution < 1.29 is 17.9 Å². The molecule has 0 aliphatic carbocycles. The first kappa shape index (κ1) is 9.76. The minimum atomic E-state index is -4.46. The molecule has 0 N–H and O–H groups in total. The van der Waals surface area contributed by atoms with E-state index in [-0.39, 0.29) is 11.7 Å². The molecule has 1 aromatic rings. The number of hydrogen-bond acceptors (Lipinski definition) is 3. The van der Waals surface area contributed by atoms with Crippen LogP contribution >= 0.6 is 0 Å². The Hall–Kier alpha value is -1.33. The monoisotopic (exact) mass is 192 g/mol. The van der Waals surface area contributed by atoms with Gasteiger partial charge >= 0.3 is 6.18 Å². The number of aryl methyl sites for hydroxylation is 1. The van der Waals surface area contributed by atoms with Gasteiger partial charge in [-0.2, -0.15) is 18.2 Å². The van der Waals surface area contributed by atoms with Gasteiger partial charge in [0, 0.05) is 6.07 Å². The highest BCUT2D eigenvalue weighted by Crippen LogP contribution is 2.29. The van der Waals surface area contributed by atoms with Crippen LogP contribution < -0.4 is 4.74 Å². The van der Waals surface area contributed by atoms with Gasteiger partial charge < -0.3 is 4.74 Å². The van der Waals surface area contributed by atoms with Crippen LogP contribution in [0, 0.1) is 6.92 Å². The SMILES string of the molecule is COc1cc(C(F)(F)F)nc(C)n1. The summed E-state index contributed by atoms with van der Waals surface area (Å²) < 4.78 is 41.0. The Bertz CT molecular complexity index is 311. The fourth-order valence-corrected chi connectivity index (χ4v) is 0.790. The number of aromatic nitrogens is 2. The van der Waals surface area contributed by atoms with Crippen LogP contribution in [0.25, 0.3) is 0 Å². The summed E-state index contributed by atoms with van der Waals surface area (Å²) >= 11 is 0. The smallest absolute Gasteiger partial charge is 0.433 e. The van der Waals surface area contributed by atoms with Crippen molar-refractivity contribution in [3.8, 4) is 5.88 Å². The van der Waals surface area contributed by atoms with Crippen molar-refractivity contribution in [1.82, 2.24) is 9.97 Å². The van der Waals surface area contributed by atoms with Crippen LogP contribution in [0.2, 0.25) is 0 Å². The Morgan fingerprint density at radius 2 is 1.92 bits per heavy atom. The molecule has 0 aliphatic heterocycles. The van der Waals surface area contributed by atoms with Gasteiger partial charge in [0.2, 0.25) is 5.88 Å². The fraction of sp³-hybridized carbons (Fsp3) is 0.429. The normalized spacial score (nSPS) is 11.5. The largest absolute Gasteiger partial charge is 0.481 e. The molecular formula is C7H7F3N2O. The Morgan fingerprint density at radius 3 is 2.38 bits per heavy atom. The molecule has 0 aromatic carbocycles. The third-order valence-electron chi connectivity index (χ3n) is 1.31. The second-order valence-electron chi connectivity index (χ2n) is 2.34. The fourth-order valence-electron chi connectivity index (χ4n) is 0.790. The zero-order valence-electron chi connectivity index (χ0n) is 7.01. The van der Waals surface area contributed by atoms with Crippen LogP contribution in [0.4, 0.5) is 13.2 Å². The van der Waals surface area contributed by atoms with Gasteiger partial charge in [-0.25, -0.2) is 4.98 Å². The number of ether oxygens (including phenoxy) is 1. The topological polar surface area (TPSA) is 35.0 Å². The highest BCUT2D eigenvalue weighted by atomic mass is 19.4. The first-order valence-corrected chi connectivity index (χ1v) is 3.40. The molecule has 0 atom stereocenters. The van der Waals surface area contributed by atoms with Crippen molar-refractivity contribution in [3.63, 3.8) is 0 Å². The van der Waals surface area contributed by atoms with E-state index in [9.17, 15) is 13.2 Å². The number of halogens is 3. The summed E-state index contributed by atoms with van der Waals surface area (Å²) in [7, 11) is 1.25. The predicted molar refractivity (Wildman–Crippen MR) is 38.3 cm³/mol. The van der Waals surface area contributed by atoms with Crippen molar-refractivity contribution in [2.75, 3.05) is 7.11 Å². The van der Waals surface area contributed by atoms with Gasteiger partial charge in [0.05, 0.1) is 7.11 Å². The van der Waals surface area contributed by atoms with Crippen LogP contribution in [-0.2, 0) is 6.18 Å². The van der Waals surface area contributed by atoms with Crippen LogP contribution in [0.3, 0.4) is 0 Å². The highest BCUT2D eigenvalue weighted by molar-refractivity contribution is 5.18. The van der Waals surface area contributed by atoms with Crippen molar-refractivity contribution in [3.05, 3.63) is 17.6 Å². The third kappa shape index (κ3) is 2.30. The lowest BCUT2D eigenvalue weighted by molar-refractivity contribution is -0.141. The van der Waals surface area contributed by atoms with E-state index in [1.807, 2.05) is 0 Å². The predicted octanol–water partition coefficient (Wildman–Crippen LogP) is 1.81. The van der Waals surface area contributed by atoms with E-state index in [0.717, 1.165) is 6.07 Å². The lowest BCUT2D eigenvalue weighted by Gasteiger charge is -2.07. The maximum atomic E-state index is 12.1. The number of methoxy groups -OCH3 is 1. The van der Waals surface area contributed by atoms with Gasteiger partial charge in [-0.05, 0) is 6.92 Å². The Kier molecular flexibility index (Phi) is 2.40. The van der Waals surface area contributed by atoms with E-state index in [1.165, 1.54) is 14.0 Å². The zero-order chi connectivity index (χ0) is 10.1. The van der Waals surface area contributed by atoms with Crippen molar-refractivity contribution >= 4 is 0 Å². The first-order valence-electron chi connectivity index (χ1n) is 3.40. The molecule has 0 unspecified atom stereocenters. The number of nitrogens with zero attached hydrogens (tertiary/aromatic N) is 2. The van der Waals surface area contributed by atoms with Crippen LogP contribution in [-0.4, -0.2) is 17.1 Å². The van der Waals surface area contributed by atoms with Crippen molar-refractivity contribution in [2.45, 2.75) is 13.1 Å². The van der Waals surface area contributed by atoms with Crippen molar-refractivity contribution in [1.29, 1.82) is 0 Å². The summed E-state index contributed by atoms with van der Waals surface area (Å²) in [5.74, 6) is -0.0495. The quantitative estimate of drug-likeness (QED) is 0.680. The zero-order valence-corrected chi connectivity index (χ0v) is 7.01. The molecule has 3 nitrogen and oxygen atoms in total. The molecule has 6 heteroatoms. The summed E-state index contributed by atoms with van der Waals surface area (Å²) in [5, 5.41) is 0. The van der Waals surface area contributed by atoms with Gasteiger partial charge in [-0.3, -0.25) is 0 Å². The van der Waals surface area contributed by atoms with E-state index in [2.05, 4.69) is 14.7 Å². The average Bonchev–Trinajstić information content (AvgIpc) is 2.01. The van der Waals surface area contributed by atoms with Gasteiger partial charge in [0.15, 0.2) is 5.69 Å². The number of alkyl halides is 3. The van der Waals surface area contributed by atoms with E-state index >= 15 is 0 Å². The molecule has 1 rings (SSSR count). The van der Waals surface area contributed by atoms with Gasteiger partial charge in [0.1, 0.15) is 5.82 Å². The Morgan fingerprint density at radius 1 is 1.31 bits per heavy atom. The van der Waals surface area contributed by atoms with Crippen LogP contribution in [0.5, 0.6) is 5.88 Å². The summed E-state index contributed by atoms with van der Waals surface area (Å²) in [5.41, 5.74) is -0.989. The van der Waals surface area contributed by atoms with Crippen LogP contribution in [0.1, 0.15) is 11.5 Å². The molecule has 0 aliphatic rings. The summed E-state index contributed by atoms with van der Waals surface area (Å²) in [4.78, 5) is 6.87. The van der Waals surface area contributed by atoms with E-state index in [4.69, 9.17) is 0 Å². The molecule has 0 saturated heterocycles. The van der Waals surface area contributed by atoms with E-state index in [0.29, 0.717) is 0 Å². The molecule has 0 amide bonds. The molecule has 0 saturated carbocycles.